The summed E-state index contributed by atoms with van der Waals surface area (Å²) in [4.78, 5) is 15.4. The van der Waals surface area contributed by atoms with Crippen LogP contribution in [0.5, 0.6) is 5.75 Å². The largest absolute Gasteiger partial charge is 0.433 e. The minimum atomic E-state index is -3.05. The first-order chi connectivity index (χ1) is 8.40. The third kappa shape index (κ3) is 3.96. The van der Waals surface area contributed by atoms with Gasteiger partial charge in [-0.2, -0.15) is 8.78 Å². The topological polar surface area (TPSA) is 68.5 Å². The van der Waals surface area contributed by atoms with Crippen LogP contribution in [0, 0.1) is 10.1 Å². The summed E-state index contributed by atoms with van der Waals surface area (Å²) in [6.07, 6.45) is 3.97. The highest BCUT2D eigenvalue weighted by atomic mass is 19.3. The molecule has 1 heterocycles. The third-order valence-corrected chi connectivity index (χ3v) is 1.82. The Morgan fingerprint density at radius 2 is 2.22 bits per heavy atom. The fraction of sp³-hybridized carbons (Fsp3) is 0.300. The second-order valence-electron chi connectivity index (χ2n) is 3.49. The molecule has 0 saturated heterocycles. The van der Waals surface area contributed by atoms with E-state index in [4.69, 9.17) is 0 Å². The van der Waals surface area contributed by atoms with Crippen LogP contribution in [-0.2, 0) is 0 Å². The molecule has 0 radical (unpaired) electrons. The summed E-state index contributed by atoms with van der Waals surface area (Å²) in [6, 6.07) is 0.911. The van der Waals surface area contributed by atoms with Gasteiger partial charge >= 0.3 is 6.61 Å². The van der Waals surface area contributed by atoms with E-state index < -0.39 is 17.2 Å². The summed E-state index contributed by atoms with van der Waals surface area (Å²) in [5.74, 6) is -0.348. The Morgan fingerprint density at radius 1 is 1.56 bits per heavy atom. The van der Waals surface area contributed by atoms with E-state index in [1.807, 2.05) is 0 Å². The molecular formula is C10H11F2N3O3. The van der Waals surface area contributed by atoms with E-state index in [1.54, 1.807) is 25.2 Å². The van der Waals surface area contributed by atoms with Gasteiger partial charge in [0.25, 0.3) is 5.69 Å². The van der Waals surface area contributed by atoms with Gasteiger partial charge in [-0.3, -0.25) is 10.1 Å². The van der Waals surface area contributed by atoms with Gasteiger partial charge in [-0.1, -0.05) is 0 Å². The number of hydrogen-bond acceptors (Lipinski definition) is 5. The molecule has 0 amide bonds. The van der Waals surface area contributed by atoms with Crippen molar-refractivity contribution in [1.29, 1.82) is 0 Å². The lowest BCUT2D eigenvalue weighted by Gasteiger charge is -2.06. The average Bonchev–Trinajstić information content (AvgIpc) is 2.26. The molecular weight excluding hydrogens is 248 g/mol. The van der Waals surface area contributed by atoms with E-state index in [2.05, 4.69) is 9.72 Å². The van der Waals surface area contributed by atoms with Gasteiger partial charge in [-0.15, -0.1) is 0 Å². The number of ether oxygens (including phenoxy) is 1. The Morgan fingerprint density at radius 3 is 2.72 bits per heavy atom. The Bertz CT molecular complexity index is 464. The number of hydrogen-bond donors (Lipinski definition) is 0. The van der Waals surface area contributed by atoms with E-state index in [1.165, 1.54) is 6.08 Å². The Labute approximate surface area is 102 Å². The predicted molar refractivity (Wildman–Crippen MR) is 60.2 cm³/mol. The zero-order valence-electron chi connectivity index (χ0n) is 9.71. The van der Waals surface area contributed by atoms with Crippen molar-refractivity contribution in [2.45, 2.75) is 6.61 Å². The summed E-state index contributed by atoms with van der Waals surface area (Å²) < 4.78 is 28.0. The van der Waals surface area contributed by atoms with Crippen molar-refractivity contribution < 1.29 is 18.4 Å². The van der Waals surface area contributed by atoms with Crippen molar-refractivity contribution in [3.05, 3.63) is 34.3 Å². The lowest BCUT2D eigenvalue weighted by atomic mass is 10.3. The maximum Gasteiger partial charge on any atom is 0.387 e. The zero-order valence-corrected chi connectivity index (χ0v) is 9.71. The number of nitro groups is 1. The maximum atomic E-state index is 12.0. The molecule has 1 aromatic heterocycles. The molecule has 0 aliphatic rings. The quantitative estimate of drug-likeness (QED) is 0.598. The lowest BCUT2D eigenvalue weighted by Crippen LogP contribution is -2.04. The predicted octanol–water partition coefficient (Wildman–Crippen LogP) is 2.12. The molecule has 6 nitrogen and oxygen atoms in total. The van der Waals surface area contributed by atoms with Gasteiger partial charge in [-0.25, -0.2) is 4.98 Å². The van der Waals surface area contributed by atoms with E-state index >= 15 is 0 Å². The monoisotopic (exact) mass is 259 g/mol. The Hall–Kier alpha value is -2.25. The number of rotatable bonds is 5. The molecule has 0 bridgehead atoms. The van der Waals surface area contributed by atoms with Crippen LogP contribution in [0.3, 0.4) is 0 Å². The summed E-state index contributed by atoms with van der Waals surface area (Å²) in [5, 5.41) is 10.8. The molecule has 8 heteroatoms. The Kier molecular flexibility index (Phi) is 4.52. The molecule has 0 N–H and O–H groups in total. The highest BCUT2D eigenvalue weighted by Crippen LogP contribution is 2.24. The van der Waals surface area contributed by atoms with Gasteiger partial charge < -0.3 is 9.64 Å². The van der Waals surface area contributed by atoms with Crippen molar-refractivity contribution >= 4 is 11.8 Å². The van der Waals surface area contributed by atoms with Crippen LogP contribution in [0.2, 0.25) is 0 Å². The molecule has 0 unspecified atom stereocenters. The first-order valence-corrected chi connectivity index (χ1v) is 4.84. The SMILES string of the molecule is CN(C)C=Cc1ncc(OC(F)F)cc1[N+](=O)[O-]. The maximum absolute atomic E-state index is 12.0. The highest BCUT2D eigenvalue weighted by molar-refractivity contribution is 5.58. The van der Waals surface area contributed by atoms with Crippen molar-refractivity contribution in [3.8, 4) is 5.75 Å². The van der Waals surface area contributed by atoms with E-state index in [-0.39, 0.29) is 11.4 Å². The lowest BCUT2D eigenvalue weighted by molar-refractivity contribution is -0.385. The average molecular weight is 259 g/mol. The minimum absolute atomic E-state index is 0.0651. The summed E-state index contributed by atoms with van der Waals surface area (Å²) >= 11 is 0. The van der Waals surface area contributed by atoms with Gasteiger partial charge in [0.1, 0.15) is 5.69 Å². The first-order valence-electron chi connectivity index (χ1n) is 4.84. The van der Waals surface area contributed by atoms with Crippen LogP contribution in [0.25, 0.3) is 6.08 Å². The molecule has 0 spiro atoms. The number of pyridine rings is 1. The fourth-order valence-electron chi connectivity index (χ4n) is 1.11. The Balaban J connectivity index is 3.08. The van der Waals surface area contributed by atoms with Crippen molar-refractivity contribution in [2.24, 2.45) is 0 Å². The van der Waals surface area contributed by atoms with E-state index in [9.17, 15) is 18.9 Å². The molecule has 0 fully saturated rings. The minimum Gasteiger partial charge on any atom is -0.433 e. The smallest absolute Gasteiger partial charge is 0.387 e. The molecule has 0 aromatic carbocycles. The second-order valence-corrected chi connectivity index (χ2v) is 3.49. The molecule has 1 aromatic rings. The zero-order chi connectivity index (χ0) is 13.7. The van der Waals surface area contributed by atoms with Gasteiger partial charge in [-0.05, 0) is 6.08 Å². The number of halogens is 2. The summed E-state index contributed by atoms with van der Waals surface area (Å²) in [6.45, 7) is -3.05. The number of alkyl halides is 2. The third-order valence-electron chi connectivity index (χ3n) is 1.82. The van der Waals surface area contributed by atoms with Crippen molar-refractivity contribution in [3.63, 3.8) is 0 Å². The molecule has 98 valence electrons. The van der Waals surface area contributed by atoms with Crippen LogP contribution in [-0.4, -0.2) is 35.5 Å². The van der Waals surface area contributed by atoms with Crippen LogP contribution < -0.4 is 4.74 Å². The molecule has 0 aliphatic carbocycles. The fourth-order valence-corrected chi connectivity index (χ4v) is 1.11. The molecule has 0 atom stereocenters. The van der Waals surface area contributed by atoms with Gasteiger partial charge in [0, 0.05) is 20.3 Å². The van der Waals surface area contributed by atoms with Crippen molar-refractivity contribution in [1.82, 2.24) is 9.88 Å². The van der Waals surface area contributed by atoms with Gasteiger partial charge in [0.2, 0.25) is 0 Å². The van der Waals surface area contributed by atoms with Crippen LogP contribution in [0.1, 0.15) is 5.69 Å². The van der Waals surface area contributed by atoms with Gasteiger partial charge in [0.15, 0.2) is 5.75 Å². The normalized spacial score (nSPS) is 10.9. The van der Waals surface area contributed by atoms with Crippen molar-refractivity contribution in [2.75, 3.05) is 14.1 Å². The highest BCUT2D eigenvalue weighted by Gasteiger charge is 2.16. The number of aromatic nitrogens is 1. The van der Waals surface area contributed by atoms with E-state index in [0.29, 0.717) is 0 Å². The molecule has 18 heavy (non-hydrogen) atoms. The van der Waals surface area contributed by atoms with E-state index in [0.717, 1.165) is 12.3 Å². The second kappa shape index (κ2) is 5.89. The van der Waals surface area contributed by atoms with Crippen LogP contribution in [0.15, 0.2) is 18.5 Å². The van der Waals surface area contributed by atoms with Crippen LogP contribution in [0.4, 0.5) is 14.5 Å². The van der Waals surface area contributed by atoms with Crippen LogP contribution >= 0.6 is 0 Å². The molecule has 0 saturated carbocycles. The summed E-state index contributed by atoms with van der Waals surface area (Å²) in [7, 11) is 3.47. The number of nitrogens with zero attached hydrogens (tertiary/aromatic N) is 3. The van der Waals surface area contributed by atoms with Gasteiger partial charge in [0.05, 0.1) is 17.2 Å². The summed E-state index contributed by atoms with van der Waals surface area (Å²) in [5.41, 5.74) is -0.332. The molecule has 0 aliphatic heterocycles. The first kappa shape index (κ1) is 13.8. The molecule has 1 rings (SSSR count). The standard InChI is InChI=1S/C10H11F2N3O3/c1-14(2)4-3-8-9(15(16)17)5-7(6-13-8)18-10(11)12/h3-6,10H,1-2H3.